The Morgan fingerprint density at radius 2 is 2.00 bits per heavy atom. The molecule has 0 aliphatic carbocycles. The fraction of sp³-hybridized carbons (Fsp3) is 0.429. The van der Waals surface area contributed by atoms with E-state index >= 15 is 0 Å². The number of amides is 2. The molecular formula is C14H19N3O4S. The highest BCUT2D eigenvalue weighted by atomic mass is 32.2. The standard InChI is InChI=1S/C14H19N3O4S/c1-22(20,21)17-8-4-5-10(9-17)14(19)16-12-7-3-2-6-11(12)13(15)18/h2-3,6-7,10H,4-5,8-9H2,1H3,(H2,15,18)(H,16,19)/t10-/m1/s1. The molecule has 2 rings (SSSR count). The van der Waals surface area contributed by atoms with Gasteiger partial charge in [-0.2, -0.15) is 0 Å². The monoisotopic (exact) mass is 325 g/mol. The van der Waals surface area contributed by atoms with Crippen LogP contribution in [0.1, 0.15) is 23.2 Å². The van der Waals surface area contributed by atoms with Crippen LogP contribution in [0, 0.1) is 5.92 Å². The topological polar surface area (TPSA) is 110 Å². The van der Waals surface area contributed by atoms with E-state index in [0.717, 1.165) is 6.26 Å². The minimum absolute atomic E-state index is 0.156. The zero-order valence-corrected chi connectivity index (χ0v) is 13.1. The number of piperidine rings is 1. The van der Waals surface area contributed by atoms with Gasteiger partial charge in [-0.1, -0.05) is 12.1 Å². The molecule has 0 aromatic heterocycles. The van der Waals surface area contributed by atoms with Crippen molar-refractivity contribution in [1.82, 2.24) is 4.31 Å². The Morgan fingerprint density at radius 1 is 1.32 bits per heavy atom. The van der Waals surface area contributed by atoms with Crippen LogP contribution in [0.25, 0.3) is 0 Å². The molecule has 0 bridgehead atoms. The molecule has 0 unspecified atom stereocenters. The molecule has 1 heterocycles. The Kier molecular flexibility index (Phi) is 4.82. The number of hydrogen-bond donors (Lipinski definition) is 2. The lowest BCUT2D eigenvalue weighted by atomic mass is 9.98. The molecule has 22 heavy (non-hydrogen) atoms. The van der Waals surface area contributed by atoms with E-state index in [9.17, 15) is 18.0 Å². The SMILES string of the molecule is CS(=O)(=O)N1CCC[C@@H](C(=O)Nc2ccccc2C(N)=O)C1. The molecule has 1 atom stereocenters. The molecule has 0 radical (unpaired) electrons. The zero-order valence-electron chi connectivity index (χ0n) is 12.3. The summed E-state index contributed by atoms with van der Waals surface area (Å²) < 4.78 is 24.5. The first-order valence-corrected chi connectivity index (χ1v) is 8.78. The predicted octanol–water partition coefficient (Wildman–Crippen LogP) is 0.396. The minimum Gasteiger partial charge on any atom is -0.366 e. The number of hydrogen-bond acceptors (Lipinski definition) is 4. The van der Waals surface area contributed by atoms with E-state index in [2.05, 4.69) is 5.32 Å². The van der Waals surface area contributed by atoms with Crippen LogP contribution in [0.4, 0.5) is 5.69 Å². The Labute approximate surface area is 129 Å². The number of sulfonamides is 1. The Balaban J connectivity index is 2.11. The maximum atomic E-state index is 12.3. The summed E-state index contributed by atoms with van der Waals surface area (Å²) in [5.74, 6) is -1.37. The number of nitrogens with zero attached hydrogens (tertiary/aromatic N) is 1. The molecule has 1 saturated heterocycles. The van der Waals surface area contributed by atoms with Crippen LogP contribution in [0.3, 0.4) is 0 Å². The molecule has 3 N–H and O–H groups in total. The third kappa shape index (κ3) is 3.83. The number of benzene rings is 1. The predicted molar refractivity (Wildman–Crippen MR) is 82.7 cm³/mol. The number of anilines is 1. The number of carbonyl (C=O) groups excluding carboxylic acids is 2. The van der Waals surface area contributed by atoms with Gasteiger partial charge in [-0.25, -0.2) is 12.7 Å². The number of para-hydroxylation sites is 1. The lowest BCUT2D eigenvalue weighted by Gasteiger charge is -2.30. The van der Waals surface area contributed by atoms with E-state index < -0.39 is 21.8 Å². The highest BCUT2D eigenvalue weighted by Crippen LogP contribution is 2.22. The average Bonchev–Trinajstić information content (AvgIpc) is 2.47. The molecule has 120 valence electrons. The highest BCUT2D eigenvalue weighted by molar-refractivity contribution is 7.88. The summed E-state index contributed by atoms with van der Waals surface area (Å²) in [6.45, 7) is 0.587. The fourth-order valence-corrected chi connectivity index (χ4v) is 3.41. The van der Waals surface area contributed by atoms with Gasteiger partial charge in [0.25, 0.3) is 5.91 Å². The average molecular weight is 325 g/mol. The molecule has 1 aromatic carbocycles. The van der Waals surface area contributed by atoms with Crippen molar-refractivity contribution in [2.75, 3.05) is 24.7 Å². The van der Waals surface area contributed by atoms with Crippen molar-refractivity contribution in [3.63, 3.8) is 0 Å². The van der Waals surface area contributed by atoms with Crippen molar-refractivity contribution in [3.8, 4) is 0 Å². The first kappa shape index (κ1) is 16.4. The number of carbonyl (C=O) groups is 2. The quantitative estimate of drug-likeness (QED) is 0.834. The number of nitrogens with one attached hydrogen (secondary N) is 1. The third-order valence-corrected chi connectivity index (χ3v) is 4.94. The van der Waals surface area contributed by atoms with Crippen molar-refractivity contribution in [3.05, 3.63) is 29.8 Å². The van der Waals surface area contributed by atoms with Crippen LogP contribution >= 0.6 is 0 Å². The Hall–Kier alpha value is -1.93. The van der Waals surface area contributed by atoms with Gasteiger partial charge in [0.2, 0.25) is 15.9 Å². The summed E-state index contributed by atoms with van der Waals surface area (Å²) in [5, 5.41) is 2.67. The van der Waals surface area contributed by atoms with Crippen LogP contribution in [-0.4, -0.2) is 43.9 Å². The van der Waals surface area contributed by atoms with E-state index in [1.807, 2.05) is 0 Å². The first-order valence-electron chi connectivity index (χ1n) is 6.94. The summed E-state index contributed by atoms with van der Waals surface area (Å²) in [7, 11) is -3.31. The minimum atomic E-state index is -3.31. The Morgan fingerprint density at radius 3 is 2.64 bits per heavy atom. The van der Waals surface area contributed by atoms with E-state index in [0.29, 0.717) is 25.1 Å². The van der Waals surface area contributed by atoms with Gasteiger partial charge in [0.1, 0.15) is 0 Å². The highest BCUT2D eigenvalue weighted by Gasteiger charge is 2.30. The number of rotatable bonds is 4. The smallest absolute Gasteiger partial charge is 0.250 e. The normalized spacial score (nSPS) is 19.6. The van der Waals surface area contributed by atoms with Crippen molar-refractivity contribution in [2.24, 2.45) is 11.7 Å². The third-order valence-electron chi connectivity index (χ3n) is 3.67. The molecule has 7 nitrogen and oxygen atoms in total. The molecule has 1 aliphatic rings. The number of nitrogens with two attached hydrogens (primary N) is 1. The summed E-state index contributed by atoms with van der Waals surface area (Å²) in [6.07, 6.45) is 2.37. The van der Waals surface area contributed by atoms with E-state index in [1.165, 1.54) is 10.4 Å². The van der Waals surface area contributed by atoms with Crippen LogP contribution in [0.15, 0.2) is 24.3 Å². The van der Waals surface area contributed by atoms with Gasteiger partial charge in [-0.05, 0) is 25.0 Å². The van der Waals surface area contributed by atoms with Crippen molar-refractivity contribution in [1.29, 1.82) is 0 Å². The van der Waals surface area contributed by atoms with Crippen LogP contribution in [0.2, 0.25) is 0 Å². The van der Waals surface area contributed by atoms with E-state index in [1.54, 1.807) is 18.2 Å². The van der Waals surface area contributed by atoms with Gasteiger partial charge in [0, 0.05) is 13.1 Å². The lowest BCUT2D eigenvalue weighted by Crippen LogP contribution is -2.43. The van der Waals surface area contributed by atoms with Crippen molar-refractivity contribution >= 4 is 27.5 Å². The van der Waals surface area contributed by atoms with Crippen LogP contribution in [-0.2, 0) is 14.8 Å². The summed E-state index contributed by atoms with van der Waals surface area (Å²) in [4.78, 5) is 23.7. The maximum Gasteiger partial charge on any atom is 0.250 e. The van der Waals surface area contributed by atoms with Crippen molar-refractivity contribution in [2.45, 2.75) is 12.8 Å². The molecule has 0 saturated carbocycles. The second-order valence-corrected chi connectivity index (χ2v) is 7.34. The molecule has 1 aliphatic heterocycles. The fourth-order valence-electron chi connectivity index (χ4n) is 2.50. The van der Waals surface area contributed by atoms with Gasteiger partial charge in [0.05, 0.1) is 23.4 Å². The molecule has 2 amide bonds. The van der Waals surface area contributed by atoms with Crippen LogP contribution < -0.4 is 11.1 Å². The molecule has 8 heteroatoms. The molecule has 0 spiro atoms. The number of primary amides is 1. The van der Waals surface area contributed by atoms with Gasteiger partial charge >= 0.3 is 0 Å². The van der Waals surface area contributed by atoms with E-state index in [4.69, 9.17) is 5.73 Å². The molecule has 1 aromatic rings. The first-order chi connectivity index (χ1) is 10.3. The van der Waals surface area contributed by atoms with Gasteiger partial charge in [0.15, 0.2) is 0 Å². The second-order valence-electron chi connectivity index (χ2n) is 5.36. The van der Waals surface area contributed by atoms with Crippen molar-refractivity contribution < 1.29 is 18.0 Å². The summed E-state index contributed by atoms with van der Waals surface area (Å²) in [6, 6.07) is 6.46. The Bertz CT molecular complexity index is 687. The van der Waals surface area contributed by atoms with Gasteiger partial charge < -0.3 is 11.1 Å². The lowest BCUT2D eigenvalue weighted by molar-refractivity contribution is -0.120. The van der Waals surface area contributed by atoms with Gasteiger partial charge in [-0.3, -0.25) is 9.59 Å². The van der Waals surface area contributed by atoms with Gasteiger partial charge in [-0.15, -0.1) is 0 Å². The van der Waals surface area contributed by atoms with Crippen LogP contribution in [0.5, 0.6) is 0 Å². The zero-order chi connectivity index (χ0) is 16.3. The molecule has 1 fully saturated rings. The maximum absolute atomic E-state index is 12.3. The second kappa shape index (κ2) is 6.45. The largest absolute Gasteiger partial charge is 0.366 e. The summed E-state index contributed by atoms with van der Waals surface area (Å²) in [5.41, 5.74) is 5.84. The molecular weight excluding hydrogens is 306 g/mol. The van der Waals surface area contributed by atoms with E-state index in [-0.39, 0.29) is 18.0 Å². The summed E-state index contributed by atoms with van der Waals surface area (Å²) >= 11 is 0.